The average molecular weight is 360 g/mol. The van der Waals surface area contributed by atoms with Crippen LogP contribution in [-0.2, 0) is 19.1 Å². The highest BCUT2D eigenvalue weighted by Crippen LogP contribution is 2.49. The molecule has 0 spiro atoms. The van der Waals surface area contributed by atoms with E-state index < -0.39 is 23.6 Å². The van der Waals surface area contributed by atoms with Gasteiger partial charge < -0.3 is 14.6 Å². The lowest BCUT2D eigenvalue weighted by atomic mass is 9.67. The maximum Gasteiger partial charge on any atom is 0.313 e. The van der Waals surface area contributed by atoms with Crippen molar-refractivity contribution in [3.05, 3.63) is 35.1 Å². The van der Waals surface area contributed by atoms with E-state index in [2.05, 4.69) is 6.92 Å². The van der Waals surface area contributed by atoms with Gasteiger partial charge in [0.25, 0.3) is 0 Å². The normalized spacial score (nSPS) is 32.1. The summed E-state index contributed by atoms with van der Waals surface area (Å²) in [4.78, 5) is 25.6. The summed E-state index contributed by atoms with van der Waals surface area (Å²) >= 11 is 0. The standard InChI is InChI=1S/C21H28O5/c1-4-6-7-9-17(22)18-16-11-13-10-14(8-5-2)25-12-15(13)19(23)21(16,3)26-20(18)24/h5,8,10,16-18,22H,4,6-7,9,11-12H2,1-3H3/b8-5+/t16-,17+,18+,21-/m1/s1. The van der Waals surface area contributed by atoms with Gasteiger partial charge in [-0.3, -0.25) is 9.59 Å². The van der Waals surface area contributed by atoms with Gasteiger partial charge in [-0.15, -0.1) is 0 Å². The highest BCUT2D eigenvalue weighted by atomic mass is 16.6. The van der Waals surface area contributed by atoms with Gasteiger partial charge in [-0.05, 0) is 44.4 Å². The van der Waals surface area contributed by atoms with Crippen molar-refractivity contribution in [1.29, 1.82) is 0 Å². The Morgan fingerprint density at radius 2 is 2.15 bits per heavy atom. The van der Waals surface area contributed by atoms with Crippen molar-refractivity contribution < 1.29 is 24.2 Å². The third-order valence-corrected chi connectivity index (χ3v) is 5.83. The Bertz CT molecular complexity index is 687. The van der Waals surface area contributed by atoms with Gasteiger partial charge in [-0.25, -0.2) is 0 Å². The van der Waals surface area contributed by atoms with Crippen molar-refractivity contribution in [2.45, 2.75) is 64.6 Å². The molecule has 1 N–H and O–H groups in total. The molecule has 3 rings (SSSR count). The molecule has 0 unspecified atom stereocenters. The molecule has 0 radical (unpaired) electrons. The summed E-state index contributed by atoms with van der Waals surface area (Å²) in [5, 5.41) is 10.6. The van der Waals surface area contributed by atoms with E-state index in [4.69, 9.17) is 9.47 Å². The van der Waals surface area contributed by atoms with E-state index in [1.54, 1.807) is 6.92 Å². The second-order valence-electron chi connectivity index (χ2n) is 7.60. The number of ether oxygens (including phenoxy) is 2. The lowest BCUT2D eigenvalue weighted by molar-refractivity contribution is -0.158. The fourth-order valence-corrected chi connectivity index (χ4v) is 4.34. The number of unbranched alkanes of at least 4 members (excludes halogenated alkanes) is 2. The highest BCUT2D eigenvalue weighted by molar-refractivity contribution is 6.07. The molecule has 0 saturated carbocycles. The van der Waals surface area contributed by atoms with E-state index in [1.165, 1.54) is 0 Å². The molecule has 5 heteroatoms. The number of aliphatic hydroxyl groups is 1. The summed E-state index contributed by atoms with van der Waals surface area (Å²) in [6.07, 6.45) is 8.88. The summed E-state index contributed by atoms with van der Waals surface area (Å²) in [5.41, 5.74) is 0.300. The van der Waals surface area contributed by atoms with Crippen LogP contribution in [0, 0.1) is 11.8 Å². The minimum Gasteiger partial charge on any atom is -0.489 e. The zero-order chi connectivity index (χ0) is 18.9. The van der Waals surface area contributed by atoms with Gasteiger partial charge in [0.1, 0.15) is 12.4 Å². The molecule has 0 aromatic carbocycles. The van der Waals surface area contributed by atoms with E-state index in [0.717, 1.165) is 24.8 Å². The number of fused-ring (bicyclic) bond motifs is 1. The Morgan fingerprint density at radius 1 is 1.38 bits per heavy atom. The minimum absolute atomic E-state index is 0.184. The first-order valence-corrected chi connectivity index (χ1v) is 9.57. The molecule has 26 heavy (non-hydrogen) atoms. The van der Waals surface area contributed by atoms with Crippen LogP contribution < -0.4 is 0 Å². The Morgan fingerprint density at radius 3 is 2.85 bits per heavy atom. The van der Waals surface area contributed by atoms with Crippen molar-refractivity contribution in [3.8, 4) is 0 Å². The number of allylic oxidation sites excluding steroid dienone is 4. The fraction of sp³-hybridized carbons (Fsp3) is 0.619. The van der Waals surface area contributed by atoms with Crippen LogP contribution >= 0.6 is 0 Å². The Labute approximate surface area is 154 Å². The van der Waals surface area contributed by atoms with Gasteiger partial charge in [-0.2, -0.15) is 0 Å². The Hall–Kier alpha value is -1.88. The Kier molecular flexibility index (Phi) is 5.37. The number of Topliss-reactive ketones (excluding diaryl/α,β-unsaturated/α-hetero) is 1. The number of aliphatic hydroxyl groups excluding tert-OH is 1. The number of ketones is 1. The third-order valence-electron chi connectivity index (χ3n) is 5.83. The second kappa shape index (κ2) is 7.39. The van der Waals surface area contributed by atoms with Crippen LogP contribution in [0.5, 0.6) is 0 Å². The topological polar surface area (TPSA) is 72.8 Å². The molecule has 2 aliphatic heterocycles. The number of carbonyl (C=O) groups excluding carboxylic acids is 2. The predicted octanol–water partition coefficient (Wildman–Crippen LogP) is 3.24. The first-order chi connectivity index (χ1) is 12.4. The van der Waals surface area contributed by atoms with Crippen LogP contribution in [0.4, 0.5) is 0 Å². The van der Waals surface area contributed by atoms with E-state index in [1.807, 2.05) is 25.2 Å². The van der Waals surface area contributed by atoms with Crippen molar-refractivity contribution in [2.75, 3.05) is 6.61 Å². The van der Waals surface area contributed by atoms with E-state index in [-0.39, 0.29) is 18.3 Å². The first kappa shape index (κ1) is 18.9. The van der Waals surface area contributed by atoms with E-state index in [0.29, 0.717) is 24.2 Å². The highest BCUT2D eigenvalue weighted by Gasteiger charge is 2.61. The number of rotatable bonds is 6. The van der Waals surface area contributed by atoms with Gasteiger partial charge >= 0.3 is 5.97 Å². The first-order valence-electron chi connectivity index (χ1n) is 9.57. The smallest absolute Gasteiger partial charge is 0.313 e. The zero-order valence-corrected chi connectivity index (χ0v) is 15.8. The molecule has 1 aliphatic carbocycles. The maximum absolute atomic E-state index is 13.1. The molecular weight excluding hydrogens is 332 g/mol. The monoisotopic (exact) mass is 360 g/mol. The Balaban J connectivity index is 1.88. The molecule has 5 nitrogen and oxygen atoms in total. The lowest BCUT2D eigenvalue weighted by Gasteiger charge is -2.37. The van der Waals surface area contributed by atoms with Gasteiger partial charge in [0.2, 0.25) is 5.78 Å². The van der Waals surface area contributed by atoms with Crippen LogP contribution in [0.15, 0.2) is 35.1 Å². The number of hydrogen-bond acceptors (Lipinski definition) is 5. The fourth-order valence-electron chi connectivity index (χ4n) is 4.34. The summed E-state index contributed by atoms with van der Waals surface area (Å²) in [7, 11) is 0. The van der Waals surface area contributed by atoms with Gasteiger partial charge in [0.05, 0.1) is 12.0 Å². The number of esters is 1. The van der Waals surface area contributed by atoms with Crippen LogP contribution in [0.25, 0.3) is 0 Å². The van der Waals surface area contributed by atoms with Gasteiger partial charge in [0, 0.05) is 11.5 Å². The molecule has 0 amide bonds. The molecule has 2 heterocycles. The quantitative estimate of drug-likeness (QED) is 0.581. The summed E-state index contributed by atoms with van der Waals surface area (Å²) in [5.74, 6) is -0.896. The van der Waals surface area contributed by atoms with Crippen molar-refractivity contribution in [1.82, 2.24) is 0 Å². The third kappa shape index (κ3) is 3.13. The number of carbonyl (C=O) groups is 2. The van der Waals surface area contributed by atoms with Gasteiger partial charge in [0.15, 0.2) is 5.60 Å². The zero-order valence-electron chi connectivity index (χ0n) is 15.8. The molecule has 3 aliphatic rings. The molecule has 1 saturated heterocycles. The van der Waals surface area contributed by atoms with E-state index >= 15 is 0 Å². The molecular formula is C21H28O5. The van der Waals surface area contributed by atoms with Crippen LogP contribution in [0.2, 0.25) is 0 Å². The summed E-state index contributed by atoms with van der Waals surface area (Å²) in [6.45, 7) is 5.89. The molecule has 1 fully saturated rings. The lowest BCUT2D eigenvalue weighted by Crippen LogP contribution is -2.48. The molecule has 4 atom stereocenters. The number of hydrogen-bond donors (Lipinski definition) is 1. The summed E-state index contributed by atoms with van der Waals surface area (Å²) < 4.78 is 11.2. The molecule has 0 aromatic rings. The van der Waals surface area contributed by atoms with Crippen LogP contribution in [0.3, 0.4) is 0 Å². The van der Waals surface area contributed by atoms with Crippen molar-refractivity contribution in [3.63, 3.8) is 0 Å². The summed E-state index contributed by atoms with van der Waals surface area (Å²) in [6, 6.07) is 0. The van der Waals surface area contributed by atoms with Crippen molar-refractivity contribution in [2.24, 2.45) is 11.8 Å². The second-order valence-corrected chi connectivity index (χ2v) is 7.60. The molecule has 0 bridgehead atoms. The van der Waals surface area contributed by atoms with Crippen LogP contribution in [0.1, 0.15) is 52.9 Å². The SMILES string of the molecule is C/C=C/C1=CC2=C(CO1)C(=O)[C@]1(C)OC(=O)[C@H]([C@@H](O)CCCCC)[C@H]1C2. The van der Waals surface area contributed by atoms with Crippen molar-refractivity contribution >= 4 is 11.8 Å². The predicted molar refractivity (Wildman–Crippen MR) is 97.1 cm³/mol. The van der Waals surface area contributed by atoms with Crippen LogP contribution in [-0.4, -0.2) is 35.2 Å². The molecule has 142 valence electrons. The molecule has 0 aromatic heterocycles. The minimum atomic E-state index is -1.19. The van der Waals surface area contributed by atoms with E-state index in [9.17, 15) is 14.7 Å². The largest absolute Gasteiger partial charge is 0.489 e. The van der Waals surface area contributed by atoms with Gasteiger partial charge in [-0.1, -0.05) is 32.3 Å². The maximum atomic E-state index is 13.1. The average Bonchev–Trinajstić information content (AvgIpc) is 2.86.